The number of nitrogens with one attached hydrogen (secondary N) is 1. The van der Waals surface area contributed by atoms with Crippen molar-refractivity contribution in [3.8, 4) is 5.75 Å². The smallest absolute Gasteiger partial charge is 0.341 e. The second-order valence-electron chi connectivity index (χ2n) is 7.13. The van der Waals surface area contributed by atoms with Gasteiger partial charge < -0.3 is 14.8 Å². The first-order chi connectivity index (χ1) is 13.7. The molecule has 29 heavy (non-hydrogen) atoms. The van der Waals surface area contributed by atoms with Crippen LogP contribution in [0.4, 0.5) is 5.00 Å². The highest BCUT2D eigenvalue weighted by molar-refractivity contribution is 7.90. The molecule has 1 aliphatic rings. The monoisotopic (exact) mass is 437 g/mol. The molecular formula is C20H23NO6S2. The molecule has 0 radical (unpaired) electrons. The van der Waals surface area contributed by atoms with Gasteiger partial charge in [-0.25, -0.2) is 13.2 Å². The molecule has 7 nitrogen and oxygen atoms in total. The van der Waals surface area contributed by atoms with Crippen LogP contribution < -0.4 is 10.1 Å². The molecule has 1 N–H and O–H groups in total. The van der Waals surface area contributed by atoms with Crippen LogP contribution in [0, 0.1) is 5.92 Å². The Morgan fingerprint density at radius 1 is 1.24 bits per heavy atom. The fourth-order valence-electron chi connectivity index (χ4n) is 3.25. The standard InChI is InChI=1S/C20H23NO6S2/c1-12-4-9-15-16(10-12)28-19(18(15)20(23)26-2)21-17(22)11-27-13-5-7-14(8-6-13)29(3,24)25/h5-8,12H,4,9-11H2,1-3H3,(H,21,22). The number of rotatable bonds is 6. The summed E-state index contributed by atoms with van der Waals surface area (Å²) in [4.78, 5) is 25.9. The lowest BCUT2D eigenvalue weighted by molar-refractivity contribution is -0.118. The van der Waals surface area contributed by atoms with Gasteiger partial charge >= 0.3 is 5.97 Å². The molecule has 9 heteroatoms. The number of benzene rings is 1. The molecular weight excluding hydrogens is 414 g/mol. The lowest BCUT2D eigenvalue weighted by Gasteiger charge is -2.18. The third-order valence-electron chi connectivity index (χ3n) is 4.78. The molecule has 1 amide bonds. The summed E-state index contributed by atoms with van der Waals surface area (Å²) < 4.78 is 33.3. The largest absolute Gasteiger partial charge is 0.484 e. The number of hydrogen-bond acceptors (Lipinski definition) is 7. The van der Waals surface area contributed by atoms with Crippen molar-refractivity contribution in [1.29, 1.82) is 0 Å². The van der Waals surface area contributed by atoms with Gasteiger partial charge in [-0.15, -0.1) is 11.3 Å². The first-order valence-corrected chi connectivity index (χ1v) is 11.9. The maximum Gasteiger partial charge on any atom is 0.341 e. The summed E-state index contributed by atoms with van der Waals surface area (Å²) in [5, 5.41) is 3.24. The molecule has 0 saturated carbocycles. The fourth-order valence-corrected chi connectivity index (χ4v) is 5.30. The van der Waals surface area contributed by atoms with E-state index < -0.39 is 21.7 Å². The van der Waals surface area contributed by atoms with E-state index in [9.17, 15) is 18.0 Å². The summed E-state index contributed by atoms with van der Waals surface area (Å²) in [6.07, 6.45) is 3.78. The van der Waals surface area contributed by atoms with Crippen molar-refractivity contribution in [2.45, 2.75) is 31.1 Å². The Morgan fingerprint density at radius 2 is 1.93 bits per heavy atom. The minimum Gasteiger partial charge on any atom is -0.484 e. The zero-order valence-corrected chi connectivity index (χ0v) is 18.1. The molecule has 0 spiro atoms. The van der Waals surface area contributed by atoms with Crippen LogP contribution in [0.15, 0.2) is 29.2 Å². The van der Waals surface area contributed by atoms with E-state index in [-0.39, 0.29) is 11.5 Å². The summed E-state index contributed by atoms with van der Waals surface area (Å²) in [6, 6.07) is 5.84. The molecule has 156 valence electrons. The number of sulfone groups is 1. The van der Waals surface area contributed by atoms with E-state index >= 15 is 0 Å². The minimum atomic E-state index is -3.29. The van der Waals surface area contributed by atoms with Crippen LogP contribution in [0.1, 0.15) is 34.1 Å². The van der Waals surface area contributed by atoms with Crippen molar-refractivity contribution in [1.82, 2.24) is 0 Å². The van der Waals surface area contributed by atoms with Crippen molar-refractivity contribution in [2.75, 3.05) is 25.3 Å². The summed E-state index contributed by atoms with van der Waals surface area (Å²) in [6.45, 7) is 1.90. The molecule has 1 heterocycles. The Morgan fingerprint density at radius 3 is 2.55 bits per heavy atom. The van der Waals surface area contributed by atoms with Crippen molar-refractivity contribution < 1.29 is 27.5 Å². The Hall–Kier alpha value is -2.39. The Balaban J connectivity index is 1.70. The highest BCUT2D eigenvalue weighted by Gasteiger charge is 2.28. The summed E-state index contributed by atoms with van der Waals surface area (Å²) >= 11 is 1.41. The van der Waals surface area contributed by atoms with Crippen LogP contribution in [0.3, 0.4) is 0 Å². The fraction of sp³-hybridized carbons (Fsp3) is 0.400. The van der Waals surface area contributed by atoms with E-state index in [2.05, 4.69) is 12.2 Å². The predicted molar refractivity (Wildman–Crippen MR) is 111 cm³/mol. The summed E-state index contributed by atoms with van der Waals surface area (Å²) in [5.74, 6) is 0.0482. The maximum absolute atomic E-state index is 12.4. The van der Waals surface area contributed by atoms with Gasteiger partial charge in [0.15, 0.2) is 16.4 Å². The summed E-state index contributed by atoms with van der Waals surface area (Å²) in [5.41, 5.74) is 1.40. The van der Waals surface area contributed by atoms with Crippen LogP contribution in [0.2, 0.25) is 0 Å². The van der Waals surface area contributed by atoms with Crippen LogP contribution >= 0.6 is 11.3 Å². The van der Waals surface area contributed by atoms with Gasteiger partial charge in [0.05, 0.1) is 17.6 Å². The molecule has 2 aromatic rings. The minimum absolute atomic E-state index is 0.176. The Kier molecular flexibility index (Phi) is 6.28. The number of fused-ring (bicyclic) bond motifs is 1. The first-order valence-electron chi connectivity index (χ1n) is 9.14. The predicted octanol–water partition coefficient (Wildman–Crippen LogP) is 3.08. The molecule has 0 aliphatic heterocycles. The van der Waals surface area contributed by atoms with Gasteiger partial charge in [-0.3, -0.25) is 4.79 Å². The normalized spacial score (nSPS) is 16.0. The van der Waals surface area contributed by atoms with Crippen LogP contribution in [-0.2, 0) is 32.2 Å². The van der Waals surface area contributed by atoms with Gasteiger partial charge in [-0.1, -0.05) is 6.92 Å². The molecule has 0 saturated heterocycles. The number of methoxy groups -OCH3 is 1. The second-order valence-corrected chi connectivity index (χ2v) is 10.2. The lowest BCUT2D eigenvalue weighted by Crippen LogP contribution is -2.21. The Labute approximate surface area is 173 Å². The SMILES string of the molecule is COC(=O)c1c(NC(=O)COc2ccc(S(C)(=O)=O)cc2)sc2c1CCC(C)C2. The van der Waals surface area contributed by atoms with Gasteiger partial charge in [0.1, 0.15) is 10.8 Å². The van der Waals surface area contributed by atoms with Crippen molar-refractivity contribution in [3.05, 3.63) is 40.3 Å². The molecule has 0 bridgehead atoms. The van der Waals surface area contributed by atoms with Crippen LogP contribution in [0.25, 0.3) is 0 Å². The third-order valence-corrected chi connectivity index (χ3v) is 7.07. The van der Waals surface area contributed by atoms with Crippen molar-refractivity contribution in [2.24, 2.45) is 5.92 Å². The van der Waals surface area contributed by atoms with E-state index in [4.69, 9.17) is 9.47 Å². The zero-order valence-electron chi connectivity index (χ0n) is 16.5. The number of amides is 1. The highest BCUT2D eigenvalue weighted by Crippen LogP contribution is 2.40. The number of anilines is 1. The summed E-state index contributed by atoms with van der Waals surface area (Å²) in [7, 11) is -1.96. The van der Waals surface area contributed by atoms with Gasteiger partial charge in [0.25, 0.3) is 5.91 Å². The first kappa shape index (κ1) is 21.3. The highest BCUT2D eigenvalue weighted by atomic mass is 32.2. The second kappa shape index (κ2) is 8.54. The molecule has 1 aliphatic carbocycles. The molecule has 0 fully saturated rings. The van der Waals surface area contributed by atoms with Gasteiger partial charge in [0.2, 0.25) is 0 Å². The number of hydrogen-bond donors (Lipinski definition) is 1. The van der Waals surface area contributed by atoms with E-state index in [1.165, 1.54) is 42.7 Å². The lowest BCUT2D eigenvalue weighted by atomic mass is 9.88. The number of ether oxygens (including phenoxy) is 2. The van der Waals surface area contributed by atoms with E-state index in [1.807, 2.05) is 0 Å². The molecule has 1 aromatic carbocycles. The number of carbonyl (C=O) groups excluding carboxylic acids is 2. The molecule has 3 rings (SSSR count). The average molecular weight is 438 g/mol. The molecule has 1 unspecified atom stereocenters. The van der Waals surface area contributed by atoms with Crippen molar-refractivity contribution >= 4 is 38.1 Å². The van der Waals surface area contributed by atoms with Crippen LogP contribution in [-0.4, -0.2) is 40.3 Å². The average Bonchev–Trinajstić information content (AvgIpc) is 3.02. The number of thiophene rings is 1. The quantitative estimate of drug-likeness (QED) is 0.698. The molecule has 1 atom stereocenters. The number of carbonyl (C=O) groups is 2. The zero-order chi connectivity index (χ0) is 21.2. The van der Waals surface area contributed by atoms with Crippen LogP contribution in [0.5, 0.6) is 5.75 Å². The van der Waals surface area contributed by atoms with E-state index in [0.717, 1.165) is 36.0 Å². The van der Waals surface area contributed by atoms with Gasteiger partial charge in [-0.2, -0.15) is 0 Å². The third kappa shape index (κ3) is 4.97. The number of esters is 1. The molecule has 1 aromatic heterocycles. The topological polar surface area (TPSA) is 98.8 Å². The van der Waals surface area contributed by atoms with Gasteiger partial charge in [-0.05, 0) is 55.0 Å². The van der Waals surface area contributed by atoms with Crippen molar-refractivity contribution in [3.63, 3.8) is 0 Å². The van der Waals surface area contributed by atoms with E-state index in [0.29, 0.717) is 22.2 Å². The van der Waals surface area contributed by atoms with Gasteiger partial charge in [0, 0.05) is 11.1 Å². The Bertz CT molecular complexity index is 1020. The maximum atomic E-state index is 12.4. The van der Waals surface area contributed by atoms with E-state index in [1.54, 1.807) is 0 Å².